The zero-order valence-corrected chi connectivity index (χ0v) is 21.6. The summed E-state index contributed by atoms with van der Waals surface area (Å²) in [7, 11) is 4.16. The number of hydrogen-bond acceptors (Lipinski definition) is 7. The lowest BCUT2D eigenvalue weighted by molar-refractivity contribution is 0.229. The molecule has 0 spiro atoms. The van der Waals surface area contributed by atoms with Crippen LogP contribution < -0.4 is 10.6 Å². The summed E-state index contributed by atoms with van der Waals surface area (Å²) in [5.41, 5.74) is 8.82. The summed E-state index contributed by atoms with van der Waals surface area (Å²) < 4.78 is 15.5. The molecule has 0 saturated carbocycles. The predicted molar refractivity (Wildman–Crippen MR) is 144 cm³/mol. The van der Waals surface area contributed by atoms with Crippen LogP contribution in [0.3, 0.4) is 0 Å². The van der Waals surface area contributed by atoms with Crippen LogP contribution in [0.1, 0.15) is 0 Å². The van der Waals surface area contributed by atoms with Crippen LogP contribution in [-0.2, 0) is 0 Å². The van der Waals surface area contributed by atoms with E-state index in [4.69, 9.17) is 44.0 Å². The fraction of sp³-hybridized carbons (Fsp3) is 0.320. The number of benzene rings is 2. The number of piperazine rings is 1. The van der Waals surface area contributed by atoms with Gasteiger partial charge in [-0.05, 0) is 44.4 Å². The molecule has 5 rings (SSSR count). The lowest BCUT2D eigenvalue weighted by Crippen LogP contribution is -2.48. The van der Waals surface area contributed by atoms with Gasteiger partial charge in [0.05, 0.1) is 26.8 Å². The third kappa shape index (κ3) is 4.84. The Bertz CT molecular complexity index is 1400. The topological polar surface area (TPSA) is 79.3 Å². The molecule has 1 aliphatic heterocycles. The summed E-state index contributed by atoms with van der Waals surface area (Å²) in [4.78, 5) is 16.4. The standard InChI is InChI=1S/C25H27Cl2FN8/c1-33(2)9-10-34-11-13-35(14-12-34)25-30-22(16-7-8-19(28)18(27)15-16)21-23(29)36(32-24(21)31-25)20-6-4-3-5-17(20)26/h3-8,15H,9-14,29H2,1-2H3. The summed E-state index contributed by atoms with van der Waals surface area (Å²) >= 11 is 12.6. The average Bonchev–Trinajstić information content (AvgIpc) is 3.20. The van der Waals surface area contributed by atoms with Crippen molar-refractivity contribution in [1.82, 2.24) is 29.5 Å². The first-order valence-electron chi connectivity index (χ1n) is 11.7. The van der Waals surface area contributed by atoms with Crippen LogP contribution in [0.25, 0.3) is 28.0 Å². The molecule has 0 atom stereocenters. The molecule has 0 radical (unpaired) electrons. The van der Waals surface area contributed by atoms with E-state index in [1.807, 2.05) is 18.2 Å². The van der Waals surface area contributed by atoms with Gasteiger partial charge in [0.2, 0.25) is 5.95 Å². The Balaban J connectivity index is 1.58. The van der Waals surface area contributed by atoms with Crippen molar-refractivity contribution in [3.8, 4) is 16.9 Å². The molecule has 3 heterocycles. The number of nitrogens with zero attached hydrogens (tertiary/aromatic N) is 7. The fourth-order valence-corrected chi connectivity index (χ4v) is 4.71. The number of fused-ring (bicyclic) bond motifs is 1. The van der Waals surface area contributed by atoms with Gasteiger partial charge < -0.3 is 15.5 Å². The van der Waals surface area contributed by atoms with Crippen LogP contribution in [0.5, 0.6) is 0 Å². The van der Waals surface area contributed by atoms with Crippen molar-refractivity contribution in [2.75, 3.05) is 64.0 Å². The molecule has 8 nitrogen and oxygen atoms in total. The van der Waals surface area contributed by atoms with E-state index >= 15 is 0 Å². The first kappa shape index (κ1) is 24.7. The van der Waals surface area contributed by atoms with Crippen molar-refractivity contribution in [1.29, 1.82) is 0 Å². The van der Waals surface area contributed by atoms with Crippen LogP contribution in [0.4, 0.5) is 16.2 Å². The van der Waals surface area contributed by atoms with E-state index in [9.17, 15) is 4.39 Å². The highest BCUT2D eigenvalue weighted by atomic mass is 35.5. The molecule has 1 fully saturated rings. The maximum Gasteiger partial charge on any atom is 0.228 e. The molecule has 11 heteroatoms. The van der Waals surface area contributed by atoms with Crippen molar-refractivity contribution in [3.05, 3.63) is 58.3 Å². The predicted octanol–water partition coefficient (Wildman–Crippen LogP) is 4.19. The molecule has 36 heavy (non-hydrogen) atoms. The normalized spacial score (nSPS) is 14.8. The van der Waals surface area contributed by atoms with Gasteiger partial charge in [-0.1, -0.05) is 35.3 Å². The molecule has 0 amide bonds. The van der Waals surface area contributed by atoms with E-state index in [0.29, 0.717) is 44.8 Å². The molecule has 0 unspecified atom stereocenters. The molecular formula is C25H27Cl2FN8. The first-order valence-corrected chi connectivity index (χ1v) is 12.5. The van der Waals surface area contributed by atoms with Gasteiger partial charge in [0.25, 0.3) is 0 Å². The van der Waals surface area contributed by atoms with Crippen LogP contribution in [0.2, 0.25) is 10.0 Å². The zero-order chi connectivity index (χ0) is 25.4. The van der Waals surface area contributed by atoms with Gasteiger partial charge in [-0.2, -0.15) is 4.98 Å². The van der Waals surface area contributed by atoms with Gasteiger partial charge >= 0.3 is 0 Å². The van der Waals surface area contributed by atoms with Crippen LogP contribution >= 0.6 is 23.2 Å². The highest BCUT2D eigenvalue weighted by Crippen LogP contribution is 2.36. The number of nitrogen functional groups attached to an aromatic ring is 1. The summed E-state index contributed by atoms with van der Waals surface area (Å²) in [6.07, 6.45) is 0. The Hall–Kier alpha value is -2.98. The molecular weight excluding hydrogens is 502 g/mol. The van der Waals surface area contributed by atoms with Crippen molar-refractivity contribution < 1.29 is 4.39 Å². The minimum Gasteiger partial charge on any atom is -0.383 e. The van der Waals surface area contributed by atoms with E-state index in [1.54, 1.807) is 22.9 Å². The molecule has 188 valence electrons. The largest absolute Gasteiger partial charge is 0.383 e. The molecule has 2 aromatic carbocycles. The third-order valence-electron chi connectivity index (χ3n) is 6.35. The molecule has 2 N–H and O–H groups in total. The number of para-hydroxylation sites is 1. The van der Waals surface area contributed by atoms with E-state index in [2.05, 4.69) is 28.8 Å². The summed E-state index contributed by atoms with van der Waals surface area (Å²) in [6, 6.07) is 11.8. The number of likely N-dealkylation sites (N-methyl/N-ethyl adjacent to an activating group) is 1. The molecule has 2 aromatic heterocycles. The van der Waals surface area contributed by atoms with Crippen LogP contribution in [-0.4, -0.2) is 82.9 Å². The number of nitrogens with two attached hydrogens (primary N) is 1. The van der Waals surface area contributed by atoms with Gasteiger partial charge in [-0.15, -0.1) is 5.10 Å². The van der Waals surface area contributed by atoms with E-state index in [-0.39, 0.29) is 5.02 Å². The van der Waals surface area contributed by atoms with Crippen molar-refractivity contribution in [3.63, 3.8) is 0 Å². The van der Waals surface area contributed by atoms with Gasteiger partial charge in [-0.25, -0.2) is 14.1 Å². The number of aromatic nitrogens is 4. The van der Waals surface area contributed by atoms with Crippen LogP contribution in [0, 0.1) is 5.82 Å². The number of hydrogen-bond donors (Lipinski definition) is 1. The van der Waals surface area contributed by atoms with E-state index in [0.717, 1.165) is 39.3 Å². The Morgan fingerprint density at radius 3 is 2.44 bits per heavy atom. The minimum absolute atomic E-state index is 0.00684. The average molecular weight is 529 g/mol. The quantitative estimate of drug-likeness (QED) is 0.401. The maximum atomic E-state index is 14.0. The second kappa shape index (κ2) is 10.2. The molecule has 4 aromatic rings. The van der Waals surface area contributed by atoms with Crippen molar-refractivity contribution in [2.45, 2.75) is 0 Å². The van der Waals surface area contributed by atoms with E-state index in [1.165, 1.54) is 6.07 Å². The third-order valence-corrected chi connectivity index (χ3v) is 6.96. The van der Waals surface area contributed by atoms with Crippen molar-refractivity contribution in [2.24, 2.45) is 0 Å². The molecule has 1 saturated heterocycles. The van der Waals surface area contributed by atoms with Gasteiger partial charge in [-0.3, -0.25) is 4.90 Å². The zero-order valence-electron chi connectivity index (χ0n) is 20.1. The first-order chi connectivity index (χ1) is 17.3. The van der Waals surface area contributed by atoms with Gasteiger partial charge in [0.15, 0.2) is 5.65 Å². The summed E-state index contributed by atoms with van der Waals surface area (Å²) in [5, 5.41) is 5.77. The molecule has 0 aliphatic carbocycles. The second-order valence-electron chi connectivity index (χ2n) is 9.08. The number of halogens is 3. The Kier molecular flexibility index (Phi) is 6.98. The SMILES string of the molecule is CN(C)CCN1CCN(c2nc(-c3ccc(F)c(Cl)c3)c3c(N)n(-c4ccccc4Cl)nc3n2)CC1. The molecule has 1 aliphatic rings. The lowest BCUT2D eigenvalue weighted by Gasteiger charge is -2.35. The summed E-state index contributed by atoms with van der Waals surface area (Å²) in [6.45, 7) is 5.40. The monoisotopic (exact) mass is 528 g/mol. The second-order valence-corrected chi connectivity index (χ2v) is 9.89. The smallest absolute Gasteiger partial charge is 0.228 e. The molecule has 0 bridgehead atoms. The van der Waals surface area contributed by atoms with E-state index < -0.39 is 5.82 Å². The van der Waals surface area contributed by atoms with Crippen molar-refractivity contribution >= 4 is 46.0 Å². The Morgan fingerprint density at radius 2 is 1.75 bits per heavy atom. The van der Waals surface area contributed by atoms with Crippen LogP contribution in [0.15, 0.2) is 42.5 Å². The Labute approximate surface area is 219 Å². The number of anilines is 2. The number of rotatable bonds is 6. The Morgan fingerprint density at radius 1 is 1.00 bits per heavy atom. The summed E-state index contributed by atoms with van der Waals surface area (Å²) in [5.74, 6) is 0.391. The lowest BCUT2D eigenvalue weighted by atomic mass is 10.1. The van der Waals surface area contributed by atoms with Gasteiger partial charge in [0, 0.05) is 44.8 Å². The minimum atomic E-state index is -0.500. The maximum absolute atomic E-state index is 14.0. The van der Waals surface area contributed by atoms with Gasteiger partial charge in [0.1, 0.15) is 11.6 Å². The fourth-order valence-electron chi connectivity index (χ4n) is 4.31. The highest BCUT2D eigenvalue weighted by molar-refractivity contribution is 6.32. The highest BCUT2D eigenvalue weighted by Gasteiger charge is 2.24.